The maximum absolute atomic E-state index is 12.2. The Kier molecular flexibility index (Phi) is 5.17. The zero-order chi connectivity index (χ0) is 23.2. The highest BCUT2D eigenvalue weighted by Gasteiger charge is 2.42. The van der Waals surface area contributed by atoms with E-state index >= 15 is 0 Å². The van der Waals surface area contributed by atoms with Gasteiger partial charge in [-0.15, -0.1) is 0 Å². The minimum atomic E-state index is -0.0103. The quantitative estimate of drug-likeness (QED) is 0.479. The first kappa shape index (κ1) is 21.0. The van der Waals surface area contributed by atoms with Crippen molar-refractivity contribution in [1.29, 1.82) is 0 Å². The SMILES string of the molecule is CCc1cc2ncc(CN3CCN(c4ccc(-c5cnc(C)[nH]5)nc4)[C@H]4CC[C@H]43)cc2[nH]c1=O. The molecule has 0 aromatic carbocycles. The van der Waals surface area contributed by atoms with Gasteiger partial charge in [0, 0.05) is 43.5 Å². The molecule has 0 bridgehead atoms. The summed E-state index contributed by atoms with van der Waals surface area (Å²) in [6, 6.07) is 9.29. The maximum atomic E-state index is 12.2. The van der Waals surface area contributed by atoms with E-state index in [1.54, 1.807) is 0 Å². The van der Waals surface area contributed by atoms with Crippen LogP contribution in [0.25, 0.3) is 22.4 Å². The number of nitrogens with zero attached hydrogens (tertiary/aromatic N) is 5. The molecule has 1 saturated heterocycles. The summed E-state index contributed by atoms with van der Waals surface area (Å²) in [5.74, 6) is 0.896. The molecule has 1 aliphatic heterocycles. The smallest absolute Gasteiger partial charge is 0.251 e. The number of aryl methyl sites for hydroxylation is 2. The molecule has 174 valence electrons. The van der Waals surface area contributed by atoms with Crippen LogP contribution in [0.15, 0.2) is 47.7 Å². The Morgan fingerprint density at radius 2 is 1.88 bits per heavy atom. The van der Waals surface area contributed by atoms with E-state index in [2.05, 4.69) is 47.9 Å². The molecular weight excluding hydrogens is 426 g/mol. The summed E-state index contributed by atoms with van der Waals surface area (Å²) in [6.45, 7) is 6.76. The summed E-state index contributed by atoms with van der Waals surface area (Å²) in [5.41, 5.74) is 6.65. The van der Waals surface area contributed by atoms with Gasteiger partial charge >= 0.3 is 0 Å². The van der Waals surface area contributed by atoms with E-state index < -0.39 is 0 Å². The first-order valence-electron chi connectivity index (χ1n) is 12.1. The molecule has 2 atom stereocenters. The first-order chi connectivity index (χ1) is 16.6. The normalized spacial score (nSPS) is 20.4. The Morgan fingerprint density at radius 1 is 1.00 bits per heavy atom. The molecule has 2 N–H and O–H groups in total. The Labute approximate surface area is 198 Å². The van der Waals surface area contributed by atoms with Crippen LogP contribution in [0, 0.1) is 6.92 Å². The molecular formula is C26H29N7O. The minimum Gasteiger partial charge on any atom is -0.364 e. The molecule has 4 aromatic rings. The largest absolute Gasteiger partial charge is 0.364 e. The van der Waals surface area contributed by atoms with Crippen molar-refractivity contribution in [1.82, 2.24) is 29.8 Å². The predicted octanol–water partition coefficient (Wildman–Crippen LogP) is 3.43. The number of aromatic nitrogens is 5. The van der Waals surface area contributed by atoms with Gasteiger partial charge in [0.1, 0.15) is 5.82 Å². The summed E-state index contributed by atoms with van der Waals surface area (Å²) >= 11 is 0. The number of piperazine rings is 1. The Balaban J connectivity index is 1.17. The third-order valence-corrected chi connectivity index (χ3v) is 7.35. The second-order valence-corrected chi connectivity index (χ2v) is 9.41. The van der Waals surface area contributed by atoms with Crippen LogP contribution in [0.5, 0.6) is 0 Å². The number of hydrogen-bond acceptors (Lipinski definition) is 6. The number of rotatable bonds is 5. The van der Waals surface area contributed by atoms with E-state index in [1.165, 1.54) is 18.5 Å². The number of H-pyrrole nitrogens is 2. The van der Waals surface area contributed by atoms with Gasteiger partial charge in [0.25, 0.3) is 5.56 Å². The van der Waals surface area contributed by atoms with Gasteiger partial charge in [-0.2, -0.15) is 0 Å². The summed E-state index contributed by atoms with van der Waals surface area (Å²) in [5, 5.41) is 0. The van der Waals surface area contributed by atoms with Crippen molar-refractivity contribution in [3.8, 4) is 11.4 Å². The molecule has 34 heavy (non-hydrogen) atoms. The molecule has 8 heteroatoms. The van der Waals surface area contributed by atoms with Gasteiger partial charge in [0.2, 0.25) is 0 Å². The maximum Gasteiger partial charge on any atom is 0.251 e. The van der Waals surface area contributed by atoms with Crippen molar-refractivity contribution in [2.75, 3.05) is 18.0 Å². The number of anilines is 1. The van der Waals surface area contributed by atoms with Crippen molar-refractivity contribution < 1.29 is 0 Å². The Bertz CT molecular complexity index is 1390. The summed E-state index contributed by atoms with van der Waals surface area (Å²) in [4.78, 5) is 37.2. The first-order valence-corrected chi connectivity index (χ1v) is 12.1. The summed E-state index contributed by atoms with van der Waals surface area (Å²) < 4.78 is 0. The molecule has 2 fully saturated rings. The zero-order valence-corrected chi connectivity index (χ0v) is 19.6. The predicted molar refractivity (Wildman–Crippen MR) is 133 cm³/mol. The van der Waals surface area contributed by atoms with Gasteiger partial charge in [-0.1, -0.05) is 6.92 Å². The van der Waals surface area contributed by atoms with Crippen LogP contribution in [0.2, 0.25) is 0 Å². The van der Waals surface area contributed by atoms with Crippen molar-refractivity contribution in [3.63, 3.8) is 0 Å². The second kappa shape index (κ2) is 8.36. The summed E-state index contributed by atoms with van der Waals surface area (Å²) in [7, 11) is 0. The lowest BCUT2D eigenvalue weighted by Gasteiger charge is -2.54. The van der Waals surface area contributed by atoms with Gasteiger partial charge in [0.05, 0.1) is 40.5 Å². The zero-order valence-electron chi connectivity index (χ0n) is 19.6. The van der Waals surface area contributed by atoms with Crippen LogP contribution >= 0.6 is 0 Å². The number of fused-ring (bicyclic) bond motifs is 2. The average molecular weight is 456 g/mol. The Morgan fingerprint density at radius 3 is 2.59 bits per heavy atom. The van der Waals surface area contributed by atoms with Crippen molar-refractivity contribution in [2.45, 2.75) is 51.7 Å². The molecule has 0 spiro atoms. The van der Waals surface area contributed by atoms with E-state index in [-0.39, 0.29) is 5.56 Å². The highest BCUT2D eigenvalue weighted by atomic mass is 16.1. The van der Waals surface area contributed by atoms with Gasteiger partial charge in [0.15, 0.2) is 0 Å². The van der Waals surface area contributed by atoms with E-state index in [0.29, 0.717) is 18.5 Å². The molecule has 5 heterocycles. The number of hydrogen-bond donors (Lipinski definition) is 2. The molecule has 1 saturated carbocycles. The third-order valence-electron chi connectivity index (χ3n) is 7.35. The molecule has 1 aliphatic carbocycles. The standard InChI is InChI=1S/C26H29N7O/c1-3-18-11-21-22(31-26(18)34)10-17(12-28-21)15-32-8-9-33(25-7-6-24(25)32)19-4-5-20(29-13-19)23-14-27-16(2)30-23/h4-5,10-14,24-25H,3,6-9,15H2,1-2H3,(H,27,30)(H,31,34)/t24-,25+/m1/s1. The van der Waals surface area contributed by atoms with Crippen LogP contribution < -0.4 is 10.5 Å². The van der Waals surface area contributed by atoms with E-state index in [0.717, 1.165) is 59.0 Å². The van der Waals surface area contributed by atoms with Crippen LogP contribution in [0.4, 0.5) is 5.69 Å². The number of aromatic amines is 2. The fourth-order valence-corrected chi connectivity index (χ4v) is 5.36. The van der Waals surface area contributed by atoms with Gasteiger partial charge < -0.3 is 14.9 Å². The lowest BCUT2D eigenvalue weighted by molar-refractivity contribution is 0.0659. The van der Waals surface area contributed by atoms with Gasteiger partial charge in [-0.25, -0.2) is 4.98 Å². The molecule has 8 nitrogen and oxygen atoms in total. The van der Waals surface area contributed by atoms with Crippen molar-refractivity contribution >= 4 is 16.7 Å². The number of nitrogens with one attached hydrogen (secondary N) is 2. The van der Waals surface area contributed by atoms with E-state index in [1.807, 2.05) is 38.5 Å². The molecule has 2 aliphatic rings. The lowest BCUT2D eigenvalue weighted by atomic mass is 9.81. The summed E-state index contributed by atoms with van der Waals surface area (Å²) in [6.07, 6.45) is 8.90. The Hall–Kier alpha value is -3.52. The van der Waals surface area contributed by atoms with Gasteiger partial charge in [-0.3, -0.25) is 19.7 Å². The highest BCUT2D eigenvalue weighted by molar-refractivity contribution is 5.74. The minimum absolute atomic E-state index is 0.0103. The van der Waals surface area contributed by atoms with Crippen molar-refractivity contribution in [2.24, 2.45) is 0 Å². The molecule has 6 rings (SSSR count). The highest BCUT2D eigenvalue weighted by Crippen LogP contribution is 2.37. The topological polar surface area (TPSA) is 93.8 Å². The van der Waals surface area contributed by atoms with Crippen LogP contribution in [0.1, 0.15) is 36.7 Å². The molecule has 0 unspecified atom stereocenters. The van der Waals surface area contributed by atoms with Gasteiger partial charge in [-0.05, 0) is 56.0 Å². The fraction of sp³-hybridized carbons (Fsp3) is 0.385. The number of imidazole rings is 1. The molecule has 0 radical (unpaired) electrons. The average Bonchev–Trinajstić information content (AvgIpc) is 3.26. The lowest BCUT2D eigenvalue weighted by Crippen LogP contribution is -2.64. The monoisotopic (exact) mass is 455 g/mol. The second-order valence-electron chi connectivity index (χ2n) is 9.41. The fourth-order valence-electron chi connectivity index (χ4n) is 5.36. The number of pyridine rings is 3. The van der Waals surface area contributed by atoms with Crippen LogP contribution in [-0.2, 0) is 13.0 Å². The molecule has 0 amide bonds. The third kappa shape index (κ3) is 3.68. The van der Waals surface area contributed by atoms with E-state index in [9.17, 15) is 4.79 Å². The van der Waals surface area contributed by atoms with Crippen molar-refractivity contribution in [3.05, 3.63) is 70.2 Å². The molecule has 4 aromatic heterocycles. The van der Waals surface area contributed by atoms with Crippen LogP contribution in [-0.4, -0.2) is 55.0 Å². The van der Waals surface area contributed by atoms with E-state index in [4.69, 9.17) is 4.98 Å². The van der Waals surface area contributed by atoms with Crippen LogP contribution in [0.3, 0.4) is 0 Å².